The molecule has 1 saturated heterocycles. The molecule has 2 aromatic rings. The van der Waals surface area contributed by atoms with Crippen molar-refractivity contribution < 1.29 is 22.0 Å². The number of nitrogens with zero attached hydrogens (tertiary/aromatic N) is 1. The van der Waals surface area contributed by atoms with Crippen LogP contribution < -0.4 is 5.32 Å². The van der Waals surface area contributed by atoms with E-state index in [1.165, 1.54) is 22.5 Å². The van der Waals surface area contributed by atoms with Gasteiger partial charge >= 0.3 is 0 Å². The number of hydrogen-bond acceptors (Lipinski definition) is 3. The Kier molecular flexibility index (Phi) is 5.86. The Hall–Kier alpha value is -2.32. The lowest BCUT2D eigenvalue weighted by molar-refractivity contribution is 0.0950. The summed E-state index contributed by atoms with van der Waals surface area (Å²) in [6.07, 6.45) is 2.73. The molecular formula is C19H20F2N2O3S. The highest BCUT2D eigenvalue weighted by Gasteiger charge is 2.25. The molecule has 0 atom stereocenters. The lowest BCUT2D eigenvalue weighted by atomic mass is 10.2. The predicted octanol–water partition coefficient (Wildman–Crippen LogP) is 3.07. The Labute approximate surface area is 157 Å². The average Bonchev–Trinajstić information content (AvgIpc) is 2.69. The van der Waals surface area contributed by atoms with Crippen LogP contribution in [0.2, 0.25) is 0 Å². The van der Waals surface area contributed by atoms with Gasteiger partial charge in [0.1, 0.15) is 0 Å². The Bertz CT molecular complexity index is 942. The first-order valence-electron chi connectivity index (χ1n) is 8.70. The number of carbonyl (C=O) groups excluding carboxylic acids is 1. The number of halogens is 2. The Morgan fingerprint density at radius 3 is 2.44 bits per heavy atom. The molecule has 1 fully saturated rings. The molecule has 3 rings (SSSR count). The van der Waals surface area contributed by atoms with Gasteiger partial charge in [-0.2, -0.15) is 4.31 Å². The smallest absolute Gasteiger partial charge is 0.251 e. The van der Waals surface area contributed by atoms with Crippen molar-refractivity contribution in [3.8, 4) is 0 Å². The molecule has 1 heterocycles. The van der Waals surface area contributed by atoms with Crippen LogP contribution in [0, 0.1) is 11.6 Å². The Morgan fingerprint density at radius 2 is 1.74 bits per heavy atom. The molecule has 5 nitrogen and oxygen atoms in total. The predicted molar refractivity (Wildman–Crippen MR) is 96.6 cm³/mol. The van der Waals surface area contributed by atoms with Gasteiger partial charge in [0.15, 0.2) is 11.6 Å². The van der Waals surface area contributed by atoms with E-state index >= 15 is 0 Å². The van der Waals surface area contributed by atoms with Crippen LogP contribution in [0.1, 0.15) is 35.2 Å². The van der Waals surface area contributed by atoms with Crippen LogP contribution in [0.4, 0.5) is 8.78 Å². The number of piperidine rings is 1. The molecule has 0 unspecified atom stereocenters. The molecule has 8 heteroatoms. The lowest BCUT2D eigenvalue weighted by Gasteiger charge is -2.26. The molecule has 144 valence electrons. The molecule has 0 saturated carbocycles. The van der Waals surface area contributed by atoms with Crippen LogP contribution in [0.5, 0.6) is 0 Å². The summed E-state index contributed by atoms with van der Waals surface area (Å²) >= 11 is 0. The molecule has 0 aromatic heterocycles. The van der Waals surface area contributed by atoms with Crippen LogP contribution in [0.3, 0.4) is 0 Å². The largest absolute Gasteiger partial charge is 0.348 e. The summed E-state index contributed by atoms with van der Waals surface area (Å²) in [6.45, 7) is 1.10. The molecule has 0 spiro atoms. The van der Waals surface area contributed by atoms with E-state index in [1.807, 2.05) is 0 Å². The van der Waals surface area contributed by atoms with Crippen LogP contribution in [0.25, 0.3) is 0 Å². The maximum absolute atomic E-state index is 13.2. The molecule has 0 aliphatic carbocycles. The molecule has 27 heavy (non-hydrogen) atoms. The summed E-state index contributed by atoms with van der Waals surface area (Å²) in [5, 5.41) is 2.58. The van der Waals surface area contributed by atoms with Gasteiger partial charge in [-0.05, 0) is 48.7 Å². The summed E-state index contributed by atoms with van der Waals surface area (Å²) in [5.41, 5.74) is 0.593. The van der Waals surface area contributed by atoms with Crippen LogP contribution >= 0.6 is 0 Å². The fourth-order valence-electron chi connectivity index (χ4n) is 2.99. The van der Waals surface area contributed by atoms with Gasteiger partial charge in [0.25, 0.3) is 5.91 Å². The normalized spacial score (nSPS) is 15.5. The first-order valence-corrected chi connectivity index (χ1v) is 10.1. The minimum atomic E-state index is -3.56. The van der Waals surface area contributed by atoms with E-state index in [-0.39, 0.29) is 17.0 Å². The number of carbonyl (C=O) groups is 1. The van der Waals surface area contributed by atoms with Crippen LogP contribution in [0.15, 0.2) is 47.4 Å². The first-order chi connectivity index (χ1) is 12.9. The van der Waals surface area contributed by atoms with Crippen LogP contribution in [-0.4, -0.2) is 31.7 Å². The average molecular weight is 394 g/mol. The van der Waals surface area contributed by atoms with Gasteiger partial charge in [-0.1, -0.05) is 18.6 Å². The Morgan fingerprint density at radius 1 is 1.00 bits per heavy atom. The number of nitrogens with one attached hydrogen (secondary N) is 1. The fraction of sp³-hybridized carbons (Fsp3) is 0.316. The van der Waals surface area contributed by atoms with Gasteiger partial charge in [0.2, 0.25) is 10.0 Å². The van der Waals surface area contributed by atoms with E-state index in [0.717, 1.165) is 31.4 Å². The van der Waals surface area contributed by atoms with Crippen molar-refractivity contribution in [1.82, 2.24) is 9.62 Å². The van der Waals surface area contributed by atoms with E-state index in [1.54, 1.807) is 12.1 Å². The minimum Gasteiger partial charge on any atom is -0.348 e. The molecular weight excluding hydrogens is 374 g/mol. The van der Waals surface area contributed by atoms with Gasteiger partial charge in [0, 0.05) is 25.2 Å². The van der Waals surface area contributed by atoms with Crippen molar-refractivity contribution >= 4 is 15.9 Å². The molecule has 0 bridgehead atoms. The minimum absolute atomic E-state index is 0.00834. The third-order valence-corrected chi connectivity index (χ3v) is 6.38. The quantitative estimate of drug-likeness (QED) is 0.848. The summed E-state index contributed by atoms with van der Waals surface area (Å²) < 4.78 is 53.1. The van der Waals surface area contributed by atoms with E-state index in [4.69, 9.17) is 0 Å². The number of hydrogen-bond donors (Lipinski definition) is 1. The van der Waals surface area contributed by atoms with E-state index in [9.17, 15) is 22.0 Å². The monoisotopic (exact) mass is 394 g/mol. The number of amides is 1. The van der Waals surface area contributed by atoms with Gasteiger partial charge < -0.3 is 5.32 Å². The van der Waals surface area contributed by atoms with Crippen molar-refractivity contribution in [2.24, 2.45) is 0 Å². The van der Waals surface area contributed by atoms with Crippen molar-refractivity contribution in [3.63, 3.8) is 0 Å². The van der Waals surface area contributed by atoms with Crippen molar-refractivity contribution in [2.75, 3.05) is 13.1 Å². The second kappa shape index (κ2) is 8.14. The molecule has 2 aromatic carbocycles. The molecule has 1 N–H and O–H groups in total. The van der Waals surface area contributed by atoms with Crippen molar-refractivity contribution in [1.29, 1.82) is 0 Å². The zero-order valence-electron chi connectivity index (χ0n) is 14.6. The maximum Gasteiger partial charge on any atom is 0.251 e. The van der Waals surface area contributed by atoms with Gasteiger partial charge in [-0.25, -0.2) is 17.2 Å². The van der Waals surface area contributed by atoms with Gasteiger partial charge in [-0.15, -0.1) is 0 Å². The van der Waals surface area contributed by atoms with E-state index in [2.05, 4.69) is 5.32 Å². The highest BCUT2D eigenvalue weighted by atomic mass is 32.2. The number of benzene rings is 2. The van der Waals surface area contributed by atoms with Crippen molar-refractivity contribution in [2.45, 2.75) is 30.7 Å². The molecule has 1 amide bonds. The molecule has 0 radical (unpaired) electrons. The van der Waals surface area contributed by atoms with E-state index < -0.39 is 27.6 Å². The van der Waals surface area contributed by atoms with Gasteiger partial charge in [0.05, 0.1) is 4.90 Å². The zero-order valence-corrected chi connectivity index (χ0v) is 15.4. The number of sulfonamides is 1. The molecule has 1 aliphatic rings. The lowest BCUT2D eigenvalue weighted by Crippen LogP contribution is -2.35. The highest BCUT2D eigenvalue weighted by molar-refractivity contribution is 7.89. The summed E-state index contributed by atoms with van der Waals surface area (Å²) in [7, 11) is -3.56. The standard InChI is InChI=1S/C19H20F2N2O3S/c20-17-8-7-15(12-18(17)21)19(24)22-13-14-5-4-6-16(11-14)27(25,26)23-9-2-1-3-10-23/h4-8,11-12H,1-3,9-10,13H2,(H,22,24). The first kappa shape index (κ1) is 19.4. The van der Waals surface area contributed by atoms with Gasteiger partial charge in [-0.3, -0.25) is 4.79 Å². The SMILES string of the molecule is O=C(NCc1cccc(S(=O)(=O)N2CCCCC2)c1)c1ccc(F)c(F)c1. The summed E-state index contributed by atoms with van der Waals surface area (Å²) in [5.74, 6) is -2.70. The fourth-order valence-corrected chi connectivity index (χ4v) is 4.58. The second-order valence-electron chi connectivity index (χ2n) is 6.42. The van der Waals surface area contributed by atoms with Crippen molar-refractivity contribution in [3.05, 3.63) is 65.2 Å². The molecule has 1 aliphatic heterocycles. The number of rotatable bonds is 5. The summed E-state index contributed by atoms with van der Waals surface area (Å²) in [6, 6.07) is 9.26. The third kappa shape index (κ3) is 4.51. The summed E-state index contributed by atoms with van der Waals surface area (Å²) in [4.78, 5) is 12.3. The zero-order chi connectivity index (χ0) is 19.4. The third-order valence-electron chi connectivity index (χ3n) is 4.49. The maximum atomic E-state index is 13.2. The Balaban J connectivity index is 1.70. The highest BCUT2D eigenvalue weighted by Crippen LogP contribution is 2.21. The topological polar surface area (TPSA) is 66.5 Å². The van der Waals surface area contributed by atoms with Crippen LogP contribution in [-0.2, 0) is 16.6 Å². The second-order valence-corrected chi connectivity index (χ2v) is 8.36. The van der Waals surface area contributed by atoms with E-state index in [0.29, 0.717) is 18.7 Å².